The number of nitrogens with zero attached hydrogens (tertiary/aromatic N) is 1. The van der Waals surface area contributed by atoms with Crippen LogP contribution in [0.5, 0.6) is 0 Å². The number of nitrogens with one attached hydrogen (secondary N) is 1. The predicted molar refractivity (Wildman–Crippen MR) is 90.8 cm³/mol. The van der Waals surface area contributed by atoms with Gasteiger partial charge in [0.25, 0.3) is 15.9 Å². The molecular formula is C16H16N2O3S2. The largest absolute Gasteiger partial charge is 0.345 e. The average molecular weight is 348 g/mol. The van der Waals surface area contributed by atoms with E-state index < -0.39 is 10.0 Å². The van der Waals surface area contributed by atoms with Crippen molar-refractivity contribution in [2.75, 3.05) is 20.6 Å². The van der Waals surface area contributed by atoms with Crippen LogP contribution in [0.2, 0.25) is 0 Å². The second-order valence-electron chi connectivity index (χ2n) is 4.84. The highest BCUT2D eigenvalue weighted by atomic mass is 32.2. The zero-order chi connectivity index (χ0) is 16.9. The molecule has 0 spiro atoms. The van der Waals surface area contributed by atoms with Crippen LogP contribution in [-0.4, -0.2) is 39.9 Å². The summed E-state index contributed by atoms with van der Waals surface area (Å²) in [5, 5.41) is 1.71. The number of rotatable bonds is 4. The number of carbonyl (C=O) groups excluding carboxylic acids is 1. The molecule has 1 aromatic carbocycles. The smallest absolute Gasteiger partial charge is 0.253 e. The van der Waals surface area contributed by atoms with Crippen molar-refractivity contribution in [2.45, 2.75) is 4.21 Å². The quantitative estimate of drug-likeness (QED) is 0.857. The van der Waals surface area contributed by atoms with Gasteiger partial charge in [-0.25, -0.2) is 8.42 Å². The second-order valence-corrected chi connectivity index (χ2v) is 7.78. The zero-order valence-corrected chi connectivity index (χ0v) is 14.4. The molecular weight excluding hydrogens is 332 g/mol. The van der Waals surface area contributed by atoms with Gasteiger partial charge in [0, 0.05) is 25.2 Å². The number of thiophene rings is 1. The Morgan fingerprint density at radius 3 is 2.48 bits per heavy atom. The number of hydrogen-bond donors (Lipinski definition) is 1. The summed E-state index contributed by atoms with van der Waals surface area (Å²) in [5.74, 6) is 5.54. The van der Waals surface area contributed by atoms with Crippen molar-refractivity contribution in [3.05, 3.63) is 52.9 Å². The lowest BCUT2D eigenvalue weighted by molar-refractivity contribution is 0.0827. The average Bonchev–Trinajstić information content (AvgIpc) is 3.07. The molecule has 0 radical (unpaired) electrons. The van der Waals surface area contributed by atoms with Crippen LogP contribution >= 0.6 is 11.3 Å². The first kappa shape index (κ1) is 17.2. The fourth-order valence-corrected chi connectivity index (χ4v) is 3.68. The molecule has 0 saturated heterocycles. The molecule has 2 rings (SSSR count). The van der Waals surface area contributed by atoms with Crippen LogP contribution in [0.3, 0.4) is 0 Å². The molecule has 0 aliphatic heterocycles. The number of amides is 1. The second kappa shape index (κ2) is 7.42. The van der Waals surface area contributed by atoms with Crippen LogP contribution in [-0.2, 0) is 10.0 Å². The van der Waals surface area contributed by atoms with Crippen molar-refractivity contribution in [1.82, 2.24) is 9.62 Å². The number of benzene rings is 1. The van der Waals surface area contributed by atoms with Crippen LogP contribution in [0.15, 0.2) is 46.0 Å². The maximum atomic E-state index is 11.9. The lowest BCUT2D eigenvalue weighted by Crippen LogP contribution is -2.23. The van der Waals surface area contributed by atoms with Gasteiger partial charge >= 0.3 is 0 Å². The third-order valence-electron chi connectivity index (χ3n) is 2.88. The third kappa shape index (κ3) is 4.66. The minimum absolute atomic E-state index is 0.0264. The van der Waals surface area contributed by atoms with Gasteiger partial charge in [-0.2, -0.15) is 4.72 Å². The summed E-state index contributed by atoms with van der Waals surface area (Å²) in [4.78, 5) is 13.3. The lowest BCUT2D eigenvalue weighted by Gasteiger charge is -2.09. The van der Waals surface area contributed by atoms with Gasteiger partial charge in [-0.3, -0.25) is 4.79 Å². The monoisotopic (exact) mass is 348 g/mol. The topological polar surface area (TPSA) is 66.5 Å². The third-order valence-corrected chi connectivity index (χ3v) is 5.68. The van der Waals surface area contributed by atoms with E-state index in [1.54, 1.807) is 55.9 Å². The van der Waals surface area contributed by atoms with Crippen molar-refractivity contribution >= 4 is 27.3 Å². The van der Waals surface area contributed by atoms with E-state index in [9.17, 15) is 13.2 Å². The van der Waals surface area contributed by atoms with Crippen LogP contribution < -0.4 is 4.72 Å². The lowest BCUT2D eigenvalue weighted by atomic mass is 10.1. The first-order valence-corrected chi connectivity index (χ1v) is 9.10. The fourth-order valence-electron chi connectivity index (χ4n) is 1.72. The van der Waals surface area contributed by atoms with Crippen LogP contribution in [0.4, 0.5) is 0 Å². The first-order chi connectivity index (χ1) is 10.9. The van der Waals surface area contributed by atoms with Crippen LogP contribution in [0, 0.1) is 11.8 Å². The van der Waals surface area contributed by atoms with Gasteiger partial charge in [-0.15, -0.1) is 11.3 Å². The molecule has 0 bridgehead atoms. The molecule has 0 saturated carbocycles. The maximum absolute atomic E-state index is 11.9. The molecule has 2 aromatic rings. The number of carbonyl (C=O) groups is 1. The van der Waals surface area contributed by atoms with Crippen molar-refractivity contribution in [2.24, 2.45) is 0 Å². The molecule has 0 fully saturated rings. The number of hydrogen-bond acceptors (Lipinski definition) is 4. The molecule has 1 N–H and O–H groups in total. The van der Waals surface area contributed by atoms with E-state index in [2.05, 4.69) is 16.6 Å². The Hall–Kier alpha value is -2.14. The molecule has 1 heterocycles. The SMILES string of the molecule is CN(C)C(=O)c1ccc(C#CCNS(=O)(=O)c2cccs2)cc1. The van der Waals surface area contributed by atoms with Gasteiger partial charge in [-0.05, 0) is 35.7 Å². The molecule has 0 atom stereocenters. The van der Waals surface area contributed by atoms with Gasteiger partial charge in [0.1, 0.15) is 4.21 Å². The normalized spacial score (nSPS) is 10.7. The summed E-state index contributed by atoms with van der Waals surface area (Å²) < 4.78 is 26.4. The summed E-state index contributed by atoms with van der Waals surface area (Å²) in [6.45, 7) is 0.0264. The molecule has 5 nitrogen and oxygen atoms in total. The van der Waals surface area contributed by atoms with E-state index in [0.29, 0.717) is 5.56 Å². The van der Waals surface area contributed by atoms with Gasteiger partial charge in [0.15, 0.2) is 0 Å². The molecule has 0 aliphatic carbocycles. The summed E-state index contributed by atoms with van der Waals surface area (Å²) in [6.07, 6.45) is 0. The van der Waals surface area contributed by atoms with Gasteiger partial charge in [0.2, 0.25) is 0 Å². The molecule has 1 amide bonds. The van der Waals surface area contributed by atoms with E-state index in [4.69, 9.17) is 0 Å². The Bertz CT molecular complexity index is 828. The molecule has 120 valence electrons. The highest BCUT2D eigenvalue weighted by Gasteiger charge is 2.13. The van der Waals surface area contributed by atoms with Crippen molar-refractivity contribution in [3.63, 3.8) is 0 Å². The standard InChI is InChI=1S/C16H16N2O3S2/c1-18(2)16(19)14-9-7-13(8-10-14)5-3-11-17-23(20,21)15-6-4-12-22-15/h4,6-10,12,17H,11H2,1-2H3. The Morgan fingerprint density at radius 1 is 1.22 bits per heavy atom. The van der Waals surface area contributed by atoms with E-state index in [-0.39, 0.29) is 16.7 Å². The zero-order valence-electron chi connectivity index (χ0n) is 12.7. The predicted octanol–water partition coefficient (Wildman–Crippen LogP) is 1.78. The number of sulfonamides is 1. The fraction of sp³-hybridized carbons (Fsp3) is 0.188. The van der Waals surface area contributed by atoms with Crippen LogP contribution in [0.1, 0.15) is 15.9 Å². The van der Waals surface area contributed by atoms with E-state index in [1.165, 1.54) is 4.90 Å². The highest BCUT2D eigenvalue weighted by Crippen LogP contribution is 2.14. The van der Waals surface area contributed by atoms with Gasteiger partial charge in [-0.1, -0.05) is 17.9 Å². The Labute approximate surface area is 140 Å². The molecule has 0 aliphatic rings. The first-order valence-electron chi connectivity index (χ1n) is 6.74. The highest BCUT2D eigenvalue weighted by molar-refractivity contribution is 7.91. The Morgan fingerprint density at radius 2 is 1.91 bits per heavy atom. The molecule has 1 aromatic heterocycles. The van der Waals surface area contributed by atoms with Crippen molar-refractivity contribution in [1.29, 1.82) is 0 Å². The van der Waals surface area contributed by atoms with Crippen molar-refractivity contribution < 1.29 is 13.2 Å². The summed E-state index contributed by atoms with van der Waals surface area (Å²) in [7, 11) is -0.103. The van der Waals surface area contributed by atoms with Crippen LogP contribution in [0.25, 0.3) is 0 Å². The summed E-state index contributed by atoms with van der Waals surface area (Å²) >= 11 is 1.16. The molecule has 23 heavy (non-hydrogen) atoms. The van der Waals surface area contributed by atoms with Gasteiger partial charge in [0.05, 0.1) is 6.54 Å². The van der Waals surface area contributed by atoms with Gasteiger partial charge < -0.3 is 4.90 Å². The summed E-state index contributed by atoms with van der Waals surface area (Å²) in [6, 6.07) is 10.1. The van der Waals surface area contributed by atoms with Crippen molar-refractivity contribution in [3.8, 4) is 11.8 Å². The van der Waals surface area contributed by atoms with E-state index >= 15 is 0 Å². The Balaban J connectivity index is 1.96. The molecule has 0 unspecified atom stereocenters. The van der Waals surface area contributed by atoms with E-state index in [1.807, 2.05) is 0 Å². The minimum Gasteiger partial charge on any atom is -0.345 e. The molecule has 7 heteroatoms. The minimum atomic E-state index is -3.48. The maximum Gasteiger partial charge on any atom is 0.253 e. The van der Waals surface area contributed by atoms with E-state index in [0.717, 1.165) is 16.9 Å². The summed E-state index contributed by atoms with van der Waals surface area (Å²) in [5.41, 5.74) is 1.30. The Kier molecular flexibility index (Phi) is 5.55.